The number of anilines is 1. The van der Waals surface area contributed by atoms with Crippen molar-refractivity contribution in [1.29, 1.82) is 0 Å². The minimum Gasteiger partial charge on any atom is -0.492 e. The van der Waals surface area contributed by atoms with Crippen molar-refractivity contribution in [2.75, 3.05) is 11.9 Å². The average Bonchev–Trinajstić information content (AvgIpc) is 2.63. The molecule has 0 fully saturated rings. The van der Waals surface area contributed by atoms with Gasteiger partial charge in [-0.25, -0.2) is 0 Å². The lowest BCUT2D eigenvalue weighted by atomic mass is 10.2. The number of nitrogens with one attached hydrogen (secondary N) is 1. The summed E-state index contributed by atoms with van der Waals surface area (Å²) in [5, 5.41) is 8.31. The van der Waals surface area contributed by atoms with Crippen LogP contribution in [-0.2, 0) is 13.6 Å². The number of benzene rings is 1. The lowest BCUT2D eigenvalue weighted by Gasteiger charge is -2.12. The summed E-state index contributed by atoms with van der Waals surface area (Å²) < 4.78 is 7.26. The maximum atomic E-state index is 6.21. The molecular formula is C14H18ClN3O. The van der Waals surface area contributed by atoms with Crippen molar-refractivity contribution in [2.45, 2.75) is 20.4 Å². The molecule has 2 aromatic rings. The van der Waals surface area contributed by atoms with Gasteiger partial charge in [0, 0.05) is 19.2 Å². The summed E-state index contributed by atoms with van der Waals surface area (Å²) in [4.78, 5) is 0. The van der Waals surface area contributed by atoms with Gasteiger partial charge < -0.3 is 10.1 Å². The standard InChI is InChI=1S/C14H18ClN3O/c1-4-19-13-8-6-5-7-12(13)16-9-11-10(2)17-18(3)14(11)15/h5-8,16H,4,9H2,1-3H3. The van der Waals surface area contributed by atoms with Crippen molar-refractivity contribution in [3.63, 3.8) is 0 Å². The van der Waals surface area contributed by atoms with E-state index < -0.39 is 0 Å². The lowest BCUT2D eigenvalue weighted by molar-refractivity contribution is 0.341. The number of rotatable bonds is 5. The van der Waals surface area contributed by atoms with Crippen LogP contribution in [-0.4, -0.2) is 16.4 Å². The molecule has 0 atom stereocenters. The Morgan fingerprint density at radius 3 is 2.74 bits per heavy atom. The zero-order valence-electron chi connectivity index (χ0n) is 11.4. The predicted molar refractivity (Wildman–Crippen MR) is 77.9 cm³/mol. The Morgan fingerprint density at radius 2 is 2.11 bits per heavy atom. The van der Waals surface area contributed by atoms with Crippen LogP contribution in [0.25, 0.3) is 0 Å². The number of para-hydroxylation sites is 2. The summed E-state index contributed by atoms with van der Waals surface area (Å²) in [6, 6.07) is 7.87. The fourth-order valence-corrected chi connectivity index (χ4v) is 2.19. The van der Waals surface area contributed by atoms with Gasteiger partial charge in [-0.15, -0.1) is 0 Å². The molecule has 1 N–H and O–H groups in total. The largest absolute Gasteiger partial charge is 0.492 e. The van der Waals surface area contributed by atoms with Gasteiger partial charge in [0.25, 0.3) is 0 Å². The fourth-order valence-electron chi connectivity index (χ4n) is 1.95. The maximum Gasteiger partial charge on any atom is 0.142 e. The van der Waals surface area contributed by atoms with Gasteiger partial charge in [-0.3, -0.25) is 4.68 Å². The second kappa shape index (κ2) is 5.97. The quantitative estimate of drug-likeness (QED) is 0.912. The Balaban J connectivity index is 2.14. The predicted octanol–water partition coefficient (Wildman–Crippen LogP) is 3.39. The highest BCUT2D eigenvalue weighted by Gasteiger charge is 2.11. The Labute approximate surface area is 118 Å². The van der Waals surface area contributed by atoms with E-state index in [0.717, 1.165) is 22.7 Å². The first kappa shape index (κ1) is 13.7. The number of aryl methyl sites for hydroxylation is 2. The second-order valence-electron chi connectivity index (χ2n) is 4.26. The molecule has 0 aliphatic carbocycles. The first-order chi connectivity index (χ1) is 9.13. The van der Waals surface area contributed by atoms with Crippen molar-refractivity contribution < 1.29 is 4.74 Å². The molecule has 0 unspecified atom stereocenters. The number of hydrogen-bond donors (Lipinski definition) is 1. The van der Waals surface area contributed by atoms with E-state index in [-0.39, 0.29) is 0 Å². The zero-order valence-corrected chi connectivity index (χ0v) is 12.2. The first-order valence-electron chi connectivity index (χ1n) is 6.27. The molecule has 1 aromatic carbocycles. The number of hydrogen-bond acceptors (Lipinski definition) is 3. The first-order valence-corrected chi connectivity index (χ1v) is 6.65. The number of aromatic nitrogens is 2. The van der Waals surface area contributed by atoms with Crippen LogP contribution >= 0.6 is 11.6 Å². The van der Waals surface area contributed by atoms with Crippen LogP contribution < -0.4 is 10.1 Å². The summed E-state index contributed by atoms with van der Waals surface area (Å²) in [6.07, 6.45) is 0. The number of halogens is 1. The molecule has 2 rings (SSSR count). The van der Waals surface area contributed by atoms with Gasteiger partial charge in [-0.1, -0.05) is 23.7 Å². The molecule has 1 aromatic heterocycles. The smallest absolute Gasteiger partial charge is 0.142 e. The van der Waals surface area contributed by atoms with Gasteiger partial charge in [-0.05, 0) is 26.0 Å². The van der Waals surface area contributed by atoms with Crippen LogP contribution in [0.5, 0.6) is 5.75 Å². The van der Waals surface area contributed by atoms with E-state index in [4.69, 9.17) is 16.3 Å². The lowest BCUT2D eigenvalue weighted by Crippen LogP contribution is -2.03. The SMILES string of the molecule is CCOc1ccccc1NCc1c(C)nn(C)c1Cl. The van der Waals surface area contributed by atoms with Gasteiger partial charge in [-0.2, -0.15) is 5.10 Å². The summed E-state index contributed by atoms with van der Waals surface area (Å²) in [7, 11) is 1.84. The molecule has 0 amide bonds. The van der Waals surface area contributed by atoms with Crippen molar-refractivity contribution in [1.82, 2.24) is 9.78 Å². The van der Waals surface area contributed by atoms with Gasteiger partial charge in [0.05, 0.1) is 18.0 Å². The van der Waals surface area contributed by atoms with Crippen molar-refractivity contribution >= 4 is 17.3 Å². The average molecular weight is 280 g/mol. The van der Waals surface area contributed by atoms with E-state index >= 15 is 0 Å². The van der Waals surface area contributed by atoms with Crippen LogP contribution in [0, 0.1) is 6.92 Å². The molecule has 4 nitrogen and oxygen atoms in total. The number of nitrogens with zero attached hydrogens (tertiary/aromatic N) is 2. The maximum absolute atomic E-state index is 6.21. The molecule has 0 saturated carbocycles. The molecule has 102 valence electrons. The summed E-state index contributed by atoms with van der Waals surface area (Å²) in [5.74, 6) is 0.850. The van der Waals surface area contributed by atoms with E-state index in [2.05, 4.69) is 10.4 Å². The zero-order chi connectivity index (χ0) is 13.8. The minimum atomic E-state index is 0.628. The highest BCUT2D eigenvalue weighted by Crippen LogP contribution is 2.26. The highest BCUT2D eigenvalue weighted by atomic mass is 35.5. The normalized spacial score (nSPS) is 10.5. The van der Waals surface area contributed by atoms with Crippen molar-refractivity contribution in [3.8, 4) is 5.75 Å². The van der Waals surface area contributed by atoms with Gasteiger partial charge in [0.1, 0.15) is 10.9 Å². The molecule has 19 heavy (non-hydrogen) atoms. The molecule has 1 heterocycles. The van der Waals surface area contributed by atoms with Crippen molar-refractivity contribution in [2.24, 2.45) is 7.05 Å². The molecule has 5 heteroatoms. The van der Waals surface area contributed by atoms with Crippen LogP contribution in [0.2, 0.25) is 5.15 Å². The molecule has 0 saturated heterocycles. The molecular weight excluding hydrogens is 262 g/mol. The minimum absolute atomic E-state index is 0.628. The Bertz CT molecular complexity index is 566. The van der Waals surface area contributed by atoms with E-state index in [9.17, 15) is 0 Å². The van der Waals surface area contributed by atoms with E-state index in [1.54, 1.807) is 4.68 Å². The third-order valence-electron chi connectivity index (χ3n) is 2.91. The van der Waals surface area contributed by atoms with Crippen LogP contribution in [0.1, 0.15) is 18.2 Å². The summed E-state index contributed by atoms with van der Waals surface area (Å²) >= 11 is 6.21. The highest BCUT2D eigenvalue weighted by molar-refractivity contribution is 6.30. The van der Waals surface area contributed by atoms with Gasteiger partial charge >= 0.3 is 0 Å². The van der Waals surface area contributed by atoms with Crippen molar-refractivity contribution in [3.05, 3.63) is 40.7 Å². The van der Waals surface area contributed by atoms with Gasteiger partial charge in [0.15, 0.2) is 0 Å². The Kier molecular flexibility index (Phi) is 4.32. The third kappa shape index (κ3) is 3.01. The van der Waals surface area contributed by atoms with Crippen LogP contribution in [0.4, 0.5) is 5.69 Å². The van der Waals surface area contributed by atoms with E-state index in [1.165, 1.54) is 0 Å². The Hall–Kier alpha value is -1.68. The molecule has 0 bridgehead atoms. The van der Waals surface area contributed by atoms with Crippen LogP contribution in [0.15, 0.2) is 24.3 Å². The summed E-state index contributed by atoms with van der Waals surface area (Å²) in [5.41, 5.74) is 2.91. The second-order valence-corrected chi connectivity index (χ2v) is 4.62. The van der Waals surface area contributed by atoms with E-state index in [1.807, 2.05) is 45.2 Å². The Morgan fingerprint density at radius 1 is 1.37 bits per heavy atom. The van der Waals surface area contributed by atoms with E-state index in [0.29, 0.717) is 18.3 Å². The topological polar surface area (TPSA) is 39.1 Å². The molecule has 0 aliphatic rings. The van der Waals surface area contributed by atoms with Gasteiger partial charge in [0.2, 0.25) is 0 Å². The summed E-state index contributed by atoms with van der Waals surface area (Å²) in [6.45, 7) is 5.20. The number of ether oxygens (including phenoxy) is 1. The molecule has 0 aliphatic heterocycles. The molecule has 0 spiro atoms. The monoisotopic (exact) mass is 279 g/mol. The molecule has 0 radical (unpaired) electrons. The van der Waals surface area contributed by atoms with Crippen LogP contribution in [0.3, 0.4) is 0 Å². The fraction of sp³-hybridized carbons (Fsp3) is 0.357. The third-order valence-corrected chi connectivity index (χ3v) is 3.39.